The van der Waals surface area contributed by atoms with Crippen molar-refractivity contribution in [2.45, 2.75) is 6.54 Å². The summed E-state index contributed by atoms with van der Waals surface area (Å²) in [5.41, 5.74) is 1.08. The van der Waals surface area contributed by atoms with Crippen LogP contribution in [-0.2, 0) is 6.54 Å². The highest BCUT2D eigenvalue weighted by atomic mass is 79.9. The molecule has 0 atom stereocenters. The molecule has 78 valence electrons. The van der Waals surface area contributed by atoms with Crippen LogP contribution in [0, 0.1) is 0 Å². The summed E-state index contributed by atoms with van der Waals surface area (Å²) < 4.78 is 6.75. The summed E-state index contributed by atoms with van der Waals surface area (Å²) in [6.07, 6.45) is 0. The SMILES string of the molecule is CNCc1ccc(-c2ccccc2Br)o1. The minimum atomic E-state index is 0.754. The highest BCUT2D eigenvalue weighted by Gasteiger charge is 2.06. The number of hydrogen-bond acceptors (Lipinski definition) is 2. The molecule has 1 aromatic heterocycles. The van der Waals surface area contributed by atoms with E-state index in [1.165, 1.54) is 0 Å². The normalized spacial score (nSPS) is 10.5. The van der Waals surface area contributed by atoms with Gasteiger partial charge in [-0.05, 0) is 25.2 Å². The van der Waals surface area contributed by atoms with Gasteiger partial charge < -0.3 is 9.73 Å². The molecule has 1 N–H and O–H groups in total. The highest BCUT2D eigenvalue weighted by molar-refractivity contribution is 9.10. The molecule has 3 heteroatoms. The average molecular weight is 266 g/mol. The smallest absolute Gasteiger partial charge is 0.135 e. The molecule has 0 spiro atoms. The van der Waals surface area contributed by atoms with Crippen LogP contribution in [0.1, 0.15) is 5.76 Å². The zero-order valence-corrected chi connectivity index (χ0v) is 10.0. The summed E-state index contributed by atoms with van der Waals surface area (Å²) in [5.74, 6) is 1.84. The monoisotopic (exact) mass is 265 g/mol. The summed E-state index contributed by atoms with van der Waals surface area (Å²) in [4.78, 5) is 0. The molecule has 0 radical (unpaired) electrons. The Morgan fingerprint density at radius 2 is 2.00 bits per heavy atom. The fourth-order valence-corrected chi connectivity index (χ4v) is 1.93. The van der Waals surface area contributed by atoms with Crippen LogP contribution in [0.15, 0.2) is 45.3 Å². The first-order chi connectivity index (χ1) is 7.31. The largest absolute Gasteiger partial charge is 0.460 e. The Balaban J connectivity index is 2.33. The number of hydrogen-bond donors (Lipinski definition) is 1. The van der Waals surface area contributed by atoms with Crippen LogP contribution in [0.2, 0.25) is 0 Å². The zero-order chi connectivity index (χ0) is 10.7. The van der Waals surface area contributed by atoms with E-state index in [1.54, 1.807) is 0 Å². The van der Waals surface area contributed by atoms with Crippen LogP contribution in [0.3, 0.4) is 0 Å². The molecule has 2 aromatic rings. The third kappa shape index (κ3) is 2.30. The van der Waals surface area contributed by atoms with Crippen molar-refractivity contribution in [2.24, 2.45) is 0 Å². The maximum atomic E-state index is 5.70. The van der Waals surface area contributed by atoms with Crippen molar-refractivity contribution in [3.8, 4) is 11.3 Å². The quantitative estimate of drug-likeness (QED) is 0.920. The topological polar surface area (TPSA) is 25.2 Å². The lowest BCUT2D eigenvalue weighted by molar-refractivity contribution is 0.507. The van der Waals surface area contributed by atoms with Crippen molar-refractivity contribution in [1.82, 2.24) is 5.32 Å². The van der Waals surface area contributed by atoms with E-state index in [1.807, 2.05) is 43.4 Å². The maximum Gasteiger partial charge on any atom is 0.135 e. The second-order valence-corrected chi connectivity index (χ2v) is 4.13. The molecule has 15 heavy (non-hydrogen) atoms. The van der Waals surface area contributed by atoms with E-state index < -0.39 is 0 Å². The minimum absolute atomic E-state index is 0.754. The van der Waals surface area contributed by atoms with E-state index in [4.69, 9.17) is 4.42 Å². The molecule has 2 nitrogen and oxygen atoms in total. The molecule has 1 heterocycles. The van der Waals surface area contributed by atoms with E-state index in [9.17, 15) is 0 Å². The van der Waals surface area contributed by atoms with Gasteiger partial charge in [-0.25, -0.2) is 0 Å². The Hall–Kier alpha value is -1.06. The first kappa shape index (κ1) is 10.5. The molecular formula is C12H12BrNO. The molecule has 0 aliphatic heterocycles. The Bertz CT molecular complexity index is 450. The van der Waals surface area contributed by atoms with Gasteiger partial charge >= 0.3 is 0 Å². The van der Waals surface area contributed by atoms with Gasteiger partial charge in [0.1, 0.15) is 11.5 Å². The van der Waals surface area contributed by atoms with E-state index in [2.05, 4.69) is 21.2 Å². The van der Waals surface area contributed by atoms with E-state index in [0.29, 0.717) is 0 Å². The molecule has 0 aliphatic carbocycles. The number of rotatable bonds is 3. The number of halogens is 1. The van der Waals surface area contributed by atoms with Gasteiger partial charge in [-0.15, -0.1) is 0 Å². The fourth-order valence-electron chi connectivity index (χ4n) is 1.45. The third-order valence-electron chi connectivity index (χ3n) is 2.15. The third-order valence-corrected chi connectivity index (χ3v) is 2.84. The van der Waals surface area contributed by atoms with Gasteiger partial charge in [0.05, 0.1) is 6.54 Å². The summed E-state index contributed by atoms with van der Waals surface area (Å²) >= 11 is 3.51. The van der Waals surface area contributed by atoms with Crippen LogP contribution in [0.5, 0.6) is 0 Å². The Labute approximate surface area is 97.4 Å². The summed E-state index contributed by atoms with van der Waals surface area (Å²) in [7, 11) is 1.90. The molecule has 0 unspecified atom stereocenters. The summed E-state index contributed by atoms with van der Waals surface area (Å²) in [6, 6.07) is 12.0. The number of furan rings is 1. The van der Waals surface area contributed by atoms with Gasteiger partial charge in [0, 0.05) is 10.0 Å². The minimum Gasteiger partial charge on any atom is -0.460 e. The molecule has 0 saturated carbocycles. The van der Waals surface area contributed by atoms with Crippen LogP contribution >= 0.6 is 15.9 Å². The first-order valence-electron chi connectivity index (χ1n) is 4.79. The lowest BCUT2D eigenvalue weighted by atomic mass is 10.2. The summed E-state index contributed by atoms with van der Waals surface area (Å²) in [5, 5.41) is 3.06. The van der Waals surface area contributed by atoms with E-state index in [0.717, 1.165) is 28.1 Å². The van der Waals surface area contributed by atoms with Crippen molar-refractivity contribution in [3.05, 3.63) is 46.6 Å². The molecule has 1 aromatic carbocycles. The maximum absolute atomic E-state index is 5.70. The number of nitrogens with one attached hydrogen (secondary N) is 1. The second-order valence-electron chi connectivity index (χ2n) is 3.28. The predicted octanol–water partition coefficient (Wildman–Crippen LogP) is 3.43. The lowest BCUT2D eigenvalue weighted by Gasteiger charge is -2.00. The Morgan fingerprint density at radius 3 is 2.73 bits per heavy atom. The Morgan fingerprint density at radius 1 is 1.20 bits per heavy atom. The summed E-state index contributed by atoms with van der Waals surface area (Å²) in [6.45, 7) is 0.754. The van der Waals surface area contributed by atoms with Gasteiger partial charge in [0.2, 0.25) is 0 Å². The van der Waals surface area contributed by atoms with Crippen LogP contribution in [-0.4, -0.2) is 7.05 Å². The standard InChI is InChI=1S/C12H12BrNO/c1-14-8-9-6-7-12(15-9)10-4-2-3-5-11(10)13/h2-7,14H,8H2,1H3. The van der Waals surface area contributed by atoms with Crippen LogP contribution in [0.25, 0.3) is 11.3 Å². The van der Waals surface area contributed by atoms with Gasteiger partial charge in [-0.1, -0.05) is 34.1 Å². The van der Waals surface area contributed by atoms with Crippen molar-refractivity contribution in [1.29, 1.82) is 0 Å². The van der Waals surface area contributed by atoms with Crippen LogP contribution in [0.4, 0.5) is 0 Å². The molecule has 0 amide bonds. The average Bonchev–Trinajstić information content (AvgIpc) is 2.68. The van der Waals surface area contributed by atoms with Gasteiger partial charge in [-0.3, -0.25) is 0 Å². The molecule has 0 fully saturated rings. The lowest BCUT2D eigenvalue weighted by Crippen LogP contribution is -2.03. The van der Waals surface area contributed by atoms with Gasteiger partial charge in [0.25, 0.3) is 0 Å². The number of benzene rings is 1. The van der Waals surface area contributed by atoms with Crippen LogP contribution < -0.4 is 5.32 Å². The second kappa shape index (κ2) is 4.64. The van der Waals surface area contributed by atoms with Gasteiger partial charge in [0.15, 0.2) is 0 Å². The Kier molecular flexibility index (Phi) is 3.23. The molecule has 2 rings (SSSR count). The molecular weight excluding hydrogens is 254 g/mol. The van der Waals surface area contributed by atoms with Gasteiger partial charge in [-0.2, -0.15) is 0 Å². The molecule has 0 bridgehead atoms. The van der Waals surface area contributed by atoms with Crippen molar-refractivity contribution >= 4 is 15.9 Å². The van der Waals surface area contributed by atoms with E-state index in [-0.39, 0.29) is 0 Å². The van der Waals surface area contributed by atoms with Crippen molar-refractivity contribution in [3.63, 3.8) is 0 Å². The van der Waals surface area contributed by atoms with E-state index >= 15 is 0 Å². The van der Waals surface area contributed by atoms with Crippen molar-refractivity contribution < 1.29 is 4.42 Å². The van der Waals surface area contributed by atoms with Crippen molar-refractivity contribution in [2.75, 3.05) is 7.05 Å². The zero-order valence-electron chi connectivity index (χ0n) is 8.46. The predicted molar refractivity (Wildman–Crippen MR) is 64.6 cm³/mol. The first-order valence-corrected chi connectivity index (χ1v) is 5.59. The fraction of sp³-hybridized carbons (Fsp3) is 0.167. The molecule has 0 saturated heterocycles. The molecule has 0 aliphatic rings. The highest BCUT2D eigenvalue weighted by Crippen LogP contribution is 2.29.